The Morgan fingerprint density at radius 3 is 2.81 bits per heavy atom. The number of alkyl halides is 1. The molecule has 3 unspecified atom stereocenters. The summed E-state index contributed by atoms with van der Waals surface area (Å²) in [6.07, 6.45) is 1.85. The highest BCUT2D eigenvalue weighted by Gasteiger charge is 2.48. The van der Waals surface area contributed by atoms with E-state index in [0.717, 1.165) is 6.07 Å². The average Bonchev–Trinajstić information content (AvgIpc) is 3.45. The predicted molar refractivity (Wildman–Crippen MR) is 140 cm³/mol. The zero-order valence-electron chi connectivity index (χ0n) is 20.1. The van der Waals surface area contributed by atoms with E-state index in [1.54, 1.807) is 18.5 Å². The molecule has 2 aromatic rings. The van der Waals surface area contributed by atoms with E-state index in [9.17, 15) is 19.1 Å². The van der Waals surface area contributed by atoms with Gasteiger partial charge in [-0.15, -0.1) is 11.3 Å². The number of likely N-dealkylation sites (tertiary alicyclic amines) is 1. The Labute approximate surface area is 224 Å². The molecule has 198 valence electrons. The van der Waals surface area contributed by atoms with Crippen molar-refractivity contribution in [3.8, 4) is 0 Å². The highest BCUT2D eigenvalue weighted by atomic mass is 35.5. The van der Waals surface area contributed by atoms with Gasteiger partial charge in [-0.05, 0) is 25.5 Å². The number of amidine groups is 1. The fourth-order valence-corrected chi connectivity index (χ4v) is 6.04. The van der Waals surface area contributed by atoms with E-state index in [-0.39, 0.29) is 36.4 Å². The van der Waals surface area contributed by atoms with Gasteiger partial charge < -0.3 is 15.2 Å². The van der Waals surface area contributed by atoms with E-state index in [2.05, 4.69) is 19.5 Å². The third-order valence-corrected chi connectivity index (χ3v) is 8.49. The van der Waals surface area contributed by atoms with Crippen LogP contribution < -0.4 is 5.32 Å². The number of ether oxygens (including phenoxy) is 1. The van der Waals surface area contributed by atoms with Crippen LogP contribution in [-0.2, 0) is 14.3 Å². The number of carbonyl (C=O) groups excluding carboxylic acids is 1. The van der Waals surface area contributed by atoms with E-state index < -0.39 is 41.3 Å². The maximum absolute atomic E-state index is 15.4. The molecule has 8 nitrogen and oxygen atoms in total. The number of thiazole rings is 1. The summed E-state index contributed by atoms with van der Waals surface area (Å²) in [7, 11) is 3.47. The summed E-state index contributed by atoms with van der Waals surface area (Å²) in [4.78, 5) is 35.2. The number of esters is 1. The van der Waals surface area contributed by atoms with Crippen LogP contribution >= 0.6 is 32.2 Å². The van der Waals surface area contributed by atoms with Crippen molar-refractivity contribution in [2.45, 2.75) is 49.7 Å². The van der Waals surface area contributed by atoms with Crippen LogP contribution in [0.5, 0.6) is 0 Å². The van der Waals surface area contributed by atoms with Gasteiger partial charge in [0.15, 0.2) is 10.8 Å². The second-order valence-corrected chi connectivity index (χ2v) is 11.2. The van der Waals surface area contributed by atoms with Crippen molar-refractivity contribution < 1.29 is 28.2 Å². The maximum Gasteiger partial charge on any atom is 0.338 e. The smallest absolute Gasteiger partial charge is 0.338 e. The van der Waals surface area contributed by atoms with Crippen molar-refractivity contribution in [2.24, 2.45) is 4.99 Å². The summed E-state index contributed by atoms with van der Waals surface area (Å²) in [6.45, 7) is 1.80. The number of halogens is 3. The lowest BCUT2D eigenvalue weighted by Gasteiger charge is -2.34. The van der Waals surface area contributed by atoms with E-state index >= 15 is 4.39 Å². The zero-order chi connectivity index (χ0) is 26.9. The van der Waals surface area contributed by atoms with E-state index in [4.69, 9.17) is 21.3 Å². The van der Waals surface area contributed by atoms with Crippen molar-refractivity contribution >= 4 is 50.0 Å². The molecule has 1 aromatic carbocycles. The van der Waals surface area contributed by atoms with Crippen LogP contribution in [0.15, 0.2) is 46.0 Å². The number of nitrogens with one attached hydrogen (secondary N) is 1. The van der Waals surface area contributed by atoms with Gasteiger partial charge in [-0.25, -0.2) is 18.6 Å². The third-order valence-electron chi connectivity index (χ3n) is 6.66. The minimum absolute atomic E-state index is 0.0790. The number of carbonyl (C=O) groups is 2. The normalized spacial score (nSPS) is 26.1. The molecule has 0 amide bonds. The summed E-state index contributed by atoms with van der Waals surface area (Å²) < 4.78 is 34.3. The molecule has 1 aromatic heterocycles. The molecule has 37 heavy (non-hydrogen) atoms. The predicted octanol–water partition coefficient (Wildman–Crippen LogP) is 4.32. The van der Waals surface area contributed by atoms with E-state index in [1.807, 2.05) is 4.90 Å². The van der Waals surface area contributed by atoms with Gasteiger partial charge >= 0.3 is 11.9 Å². The molecule has 0 saturated carbocycles. The van der Waals surface area contributed by atoms with Gasteiger partial charge in [-0.2, -0.15) is 0 Å². The highest BCUT2D eigenvalue weighted by Crippen LogP contribution is 2.44. The number of nitrogens with zero attached hydrogens (tertiary/aromatic N) is 3. The Hall–Kier alpha value is -2.46. The monoisotopic (exact) mass is 570 g/mol. The first-order valence-corrected chi connectivity index (χ1v) is 13.3. The Morgan fingerprint density at radius 1 is 1.43 bits per heavy atom. The van der Waals surface area contributed by atoms with Crippen LogP contribution in [0.3, 0.4) is 0 Å². The number of benzene rings is 1. The lowest BCUT2D eigenvalue weighted by atomic mass is 9.95. The molecular weight excluding hydrogens is 545 g/mol. The van der Waals surface area contributed by atoms with Crippen LogP contribution in [0.1, 0.15) is 42.8 Å². The molecule has 0 spiro atoms. The summed E-state index contributed by atoms with van der Waals surface area (Å²) in [5.41, 5.74) is 0.923. The van der Waals surface area contributed by atoms with Crippen LogP contribution in [0.4, 0.5) is 8.78 Å². The maximum atomic E-state index is 15.4. The van der Waals surface area contributed by atoms with Crippen LogP contribution in [-0.4, -0.2) is 63.9 Å². The van der Waals surface area contributed by atoms with Gasteiger partial charge in [0, 0.05) is 59.3 Å². The quantitative estimate of drug-likeness (QED) is 0.360. The minimum atomic E-state index is -1.64. The number of aliphatic carboxylic acids is 1. The molecule has 2 aliphatic heterocycles. The summed E-state index contributed by atoms with van der Waals surface area (Å²) >= 11 is 7.71. The summed E-state index contributed by atoms with van der Waals surface area (Å²) in [5.74, 6) is -1.82. The molecule has 13 heteroatoms. The molecular formula is C24H26ClF2N4O4PS. The van der Waals surface area contributed by atoms with Crippen molar-refractivity contribution in [2.75, 3.05) is 13.7 Å². The molecule has 3 heterocycles. The van der Waals surface area contributed by atoms with Crippen molar-refractivity contribution in [3.05, 3.63) is 62.5 Å². The number of carboxylic acids is 1. The number of methoxy groups -OCH3 is 1. The van der Waals surface area contributed by atoms with Crippen LogP contribution in [0, 0.1) is 5.82 Å². The standard InChI is InChI=1S/C24H26ClF2N4O4PS/c1-12-24(27,36)10-14(4-6-18(32)33)31(12)11-17-19(23(34)35-2)20(15-5-3-13(26)9-16(15)25)30-21(29-17)22-28-7-8-37-22/h3,5,7-9,12,14,20H,4,6,10-11,36H2,1-2H3,(H,29,30)(H,32,33)/t12?,14-,20+,24?/m1/s1. The topological polar surface area (TPSA) is 104 Å². The number of aliphatic imine (C=N–C) groups is 1. The second-order valence-electron chi connectivity index (χ2n) is 8.96. The Bertz CT molecular complexity index is 1260. The molecule has 4 rings (SSSR count). The zero-order valence-corrected chi connectivity index (χ0v) is 22.8. The number of carboxylic acid groups (broad SMARTS) is 1. The largest absolute Gasteiger partial charge is 0.481 e. The summed E-state index contributed by atoms with van der Waals surface area (Å²) in [5, 5.41) is 13.2. The van der Waals surface area contributed by atoms with Gasteiger partial charge in [0.2, 0.25) is 0 Å². The fraction of sp³-hybridized carbons (Fsp3) is 0.417. The molecule has 0 bridgehead atoms. The number of hydrogen-bond acceptors (Lipinski definition) is 8. The first kappa shape index (κ1) is 27.6. The molecule has 2 aliphatic rings. The molecule has 1 fully saturated rings. The van der Waals surface area contributed by atoms with Gasteiger partial charge in [0.1, 0.15) is 17.3 Å². The Balaban J connectivity index is 1.81. The molecule has 5 atom stereocenters. The van der Waals surface area contributed by atoms with Crippen molar-refractivity contribution in [1.82, 2.24) is 15.2 Å². The van der Waals surface area contributed by atoms with Gasteiger partial charge in [-0.3, -0.25) is 14.7 Å². The third kappa shape index (κ3) is 5.85. The molecule has 0 aliphatic carbocycles. The molecule has 1 saturated heterocycles. The fourth-order valence-electron chi connectivity index (χ4n) is 4.72. The number of aromatic nitrogens is 1. The number of hydrogen-bond donors (Lipinski definition) is 2. The lowest BCUT2D eigenvalue weighted by Crippen LogP contribution is -2.45. The average molecular weight is 571 g/mol. The van der Waals surface area contributed by atoms with Gasteiger partial charge in [-0.1, -0.05) is 26.9 Å². The SMILES string of the molecule is COC(=O)C1=C(CN2C(C)C(F)(P)C[C@H]2CCC(=O)O)NC(c2nccs2)=N[C@H]1c1ccc(F)cc1Cl. The lowest BCUT2D eigenvalue weighted by molar-refractivity contribution is -0.137. The van der Waals surface area contributed by atoms with Crippen molar-refractivity contribution in [1.29, 1.82) is 0 Å². The van der Waals surface area contributed by atoms with Crippen LogP contribution in [0.25, 0.3) is 0 Å². The second kappa shape index (κ2) is 11.1. The Kier molecular flexibility index (Phi) is 8.28. The summed E-state index contributed by atoms with van der Waals surface area (Å²) in [6, 6.07) is 1.89. The van der Waals surface area contributed by atoms with Crippen molar-refractivity contribution in [3.63, 3.8) is 0 Å². The minimum Gasteiger partial charge on any atom is -0.481 e. The molecule has 0 radical (unpaired) electrons. The van der Waals surface area contributed by atoms with Gasteiger partial charge in [0.05, 0.1) is 12.7 Å². The highest BCUT2D eigenvalue weighted by molar-refractivity contribution is 7.18. The molecule has 2 N–H and O–H groups in total. The first-order chi connectivity index (χ1) is 17.5. The number of rotatable bonds is 8. The van der Waals surface area contributed by atoms with Gasteiger partial charge in [0.25, 0.3) is 0 Å². The van der Waals surface area contributed by atoms with Crippen LogP contribution in [0.2, 0.25) is 5.02 Å². The first-order valence-electron chi connectivity index (χ1n) is 11.5. The van der Waals surface area contributed by atoms with E-state index in [0.29, 0.717) is 22.1 Å². The van der Waals surface area contributed by atoms with E-state index in [1.165, 1.54) is 30.6 Å². The Morgan fingerprint density at radius 2 is 2.19 bits per heavy atom.